The van der Waals surface area contributed by atoms with E-state index in [0.29, 0.717) is 0 Å². The molecule has 0 aliphatic carbocycles. The standard InChI is InChI=1S/C11H23NO.ClH/c1-4-5-6-7-8-9-11(12)10(2,3)13-11;/h4-9,12H2,1-3H3;1H. The molecule has 1 aliphatic heterocycles. The van der Waals surface area contributed by atoms with Crippen molar-refractivity contribution in [2.24, 2.45) is 0 Å². The van der Waals surface area contributed by atoms with E-state index in [-0.39, 0.29) is 23.7 Å². The third-order valence-corrected chi connectivity index (χ3v) is 3.19. The summed E-state index contributed by atoms with van der Waals surface area (Å²) < 4.78 is 5.59. The van der Waals surface area contributed by atoms with Crippen LogP contribution in [-0.4, -0.2) is 11.3 Å². The first-order valence-electron chi connectivity index (χ1n) is 5.57. The molecule has 1 saturated heterocycles. The van der Waals surface area contributed by atoms with Gasteiger partial charge in [0.15, 0.2) is 0 Å². The summed E-state index contributed by atoms with van der Waals surface area (Å²) in [5.41, 5.74) is 4.11. The van der Waals surface area contributed by atoms with Crippen molar-refractivity contribution in [3.63, 3.8) is 0 Å². The Balaban J connectivity index is 0.00000169. The van der Waals surface area contributed by atoms with Crippen LogP contribution < -0.4 is 18.1 Å². The highest BCUT2D eigenvalue weighted by atomic mass is 35.5. The maximum Gasteiger partial charge on any atom is 0.228 e. The average Bonchev–Trinajstić information content (AvgIpc) is 2.51. The number of hydrogen-bond acceptors (Lipinski definition) is 1. The molecule has 1 atom stereocenters. The fourth-order valence-electron chi connectivity index (χ4n) is 1.83. The van der Waals surface area contributed by atoms with Crippen molar-refractivity contribution in [1.29, 1.82) is 0 Å². The molecule has 0 aromatic heterocycles. The predicted octanol–water partition coefficient (Wildman–Crippen LogP) is -0.902. The number of rotatable bonds is 6. The monoisotopic (exact) mass is 221 g/mol. The normalized spacial score (nSPS) is 28.3. The molecule has 1 aliphatic rings. The fraction of sp³-hybridized carbons (Fsp3) is 1.00. The molecule has 1 rings (SSSR count). The van der Waals surface area contributed by atoms with Gasteiger partial charge in [-0.1, -0.05) is 32.6 Å². The van der Waals surface area contributed by atoms with Gasteiger partial charge in [0.1, 0.15) is 5.60 Å². The largest absolute Gasteiger partial charge is 1.00 e. The van der Waals surface area contributed by atoms with Crippen LogP contribution in [0.15, 0.2) is 0 Å². The summed E-state index contributed by atoms with van der Waals surface area (Å²) in [6.07, 6.45) is 7.79. The van der Waals surface area contributed by atoms with Crippen molar-refractivity contribution in [2.45, 2.75) is 70.6 Å². The lowest BCUT2D eigenvalue weighted by molar-refractivity contribution is -0.473. The van der Waals surface area contributed by atoms with Gasteiger partial charge in [0.05, 0.1) is 0 Å². The summed E-state index contributed by atoms with van der Waals surface area (Å²) in [5, 5.41) is 0. The molecule has 0 aromatic carbocycles. The average molecular weight is 222 g/mol. The molecule has 1 unspecified atom stereocenters. The smallest absolute Gasteiger partial charge is 0.228 e. The Kier molecular flexibility index (Phi) is 5.42. The number of quaternary nitrogens is 1. The highest BCUT2D eigenvalue weighted by Crippen LogP contribution is 2.44. The Morgan fingerprint density at radius 3 is 2.00 bits per heavy atom. The zero-order chi connectivity index (χ0) is 9.95. The molecule has 0 spiro atoms. The molecular formula is C11H24ClNO. The van der Waals surface area contributed by atoms with Gasteiger partial charge in [-0.25, -0.2) is 0 Å². The van der Waals surface area contributed by atoms with Gasteiger partial charge in [-0.2, -0.15) is 0 Å². The zero-order valence-corrected chi connectivity index (χ0v) is 10.5. The number of epoxide rings is 1. The van der Waals surface area contributed by atoms with Crippen LogP contribution in [0, 0.1) is 0 Å². The van der Waals surface area contributed by atoms with E-state index in [9.17, 15) is 0 Å². The first kappa shape index (κ1) is 14.2. The number of ether oxygens (including phenoxy) is 1. The molecule has 3 N–H and O–H groups in total. The topological polar surface area (TPSA) is 40.2 Å². The van der Waals surface area contributed by atoms with Crippen LogP contribution in [0.5, 0.6) is 0 Å². The van der Waals surface area contributed by atoms with Gasteiger partial charge in [-0.3, -0.25) is 0 Å². The molecule has 0 radical (unpaired) electrons. The van der Waals surface area contributed by atoms with E-state index < -0.39 is 0 Å². The highest BCUT2D eigenvalue weighted by Gasteiger charge is 2.65. The highest BCUT2D eigenvalue weighted by molar-refractivity contribution is 5.00. The van der Waals surface area contributed by atoms with Crippen LogP contribution in [-0.2, 0) is 4.74 Å². The lowest BCUT2D eigenvalue weighted by Crippen LogP contribution is -3.00. The second-order valence-corrected chi connectivity index (χ2v) is 4.77. The second-order valence-electron chi connectivity index (χ2n) is 4.77. The summed E-state index contributed by atoms with van der Waals surface area (Å²) >= 11 is 0. The van der Waals surface area contributed by atoms with Crippen LogP contribution in [0.3, 0.4) is 0 Å². The summed E-state index contributed by atoms with van der Waals surface area (Å²) in [6.45, 7) is 6.51. The molecule has 86 valence electrons. The van der Waals surface area contributed by atoms with E-state index in [1.807, 2.05) is 0 Å². The van der Waals surface area contributed by atoms with Crippen molar-refractivity contribution < 1.29 is 22.9 Å². The molecule has 1 fully saturated rings. The number of hydrogen-bond donors (Lipinski definition) is 1. The van der Waals surface area contributed by atoms with E-state index in [1.165, 1.54) is 32.1 Å². The van der Waals surface area contributed by atoms with Gasteiger partial charge in [0.25, 0.3) is 0 Å². The Morgan fingerprint density at radius 2 is 1.57 bits per heavy atom. The molecule has 0 saturated carbocycles. The summed E-state index contributed by atoms with van der Waals surface area (Å²) in [4.78, 5) is 0. The van der Waals surface area contributed by atoms with E-state index in [4.69, 9.17) is 4.74 Å². The van der Waals surface area contributed by atoms with Gasteiger partial charge in [-0.15, -0.1) is 0 Å². The SMILES string of the molecule is CCCCCCCC1([NH3+])OC1(C)C.[Cl-]. The van der Waals surface area contributed by atoms with Gasteiger partial charge in [-0.05, 0) is 20.3 Å². The van der Waals surface area contributed by atoms with E-state index in [0.717, 1.165) is 6.42 Å². The summed E-state index contributed by atoms with van der Waals surface area (Å²) in [6, 6.07) is 0. The van der Waals surface area contributed by atoms with Crippen molar-refractivity contribution in [3.8, 4) is 0 Å². The van der Waals surface area contributed by atoms with Gasteiger partial charge < -0.3 is 22.9 Å². The van der Waals surface area contributed by atoms with Crippen LogP contribution in [0.25, 0.3) is 0 Å². The lowest BCUT2D eigenvalue weighted by Gasteiger charge is -2.04. The molecule has 3 heteroatoms. The van der Waals surface area contributed by atoms with E-state index in [1.54, 1.807) is 0 Å². The van der Waals surface area contributed by atoms with Crippen molar-refractivity contribution in [1.82, 2.24) is 0 Å². The zero-order valence-electron chi connectivity index (χ0n) is 9.74. The molecule has 0 aromatic rings. The number of unbranched alkanes of at least 4 members (excludes halogenated alkanes) is 4. The van der Waals surface area contributed by atoms with Crippen molar-refractivity contribution in [3.05, 3.63) is 0 Å². The Hall–Kier alpha value is 0.210. The fourth-order valence-corrected chi connectivity index (χ4v) is 1.83. The minimum absolute atomic E-state index is 0. The van der Waals surface area contributed by atoms with E-state index in [2.05, 4.69) is 26.5 Å². The quantitative estimate of drug-likeness (QED) is 0.458. The molecular weight excluding hydrogens is 198 g/mol. The second kappa shape index (κ2) is 5.34. The van der Waals surface area contributed by atoms with Crippen LogP contribution in [0.2, 0.25) is 0 Å². The summed E-state index contributed by atoms with van der Waals surface area (Å²) in [7, 11) is 0. The Bertz CT molecular complexity index is 173. The minimum atomic E-state index is -0.0563. The van der Waals surface area contributed by atoms with Gasteiger partial charge in [0, 0.05) is 6.42 Å². The maximum absolute atomic E-state index is 5.59. The lowest BCUT2D eigenvalue weighted by atomic mass is 9.98. The predicted molar refractivity (Wildman–Crippen MR) is 54.2 cm³/mol. The molecule has 1 heterocycles. The van der Waals surface area contributed by atoms with E-state index >= 15 is 0 Å². The maximum atomic E-state index is 5.59. The number of halogens is 1. The first-order valence-corrected chi connectivity index (χ1v) is 5.57. The molecule has 2 nitrogen and oxygen atoms in total. The minimum Gasteiger partial charge on any atom is -1.00 e. The third-order valence-electron chi connectivity index (χ3n) is 3.19. The molecule has 0 amide bonds. The summed E-state index contributed by atoms with van der Waals surface area (Å²) in [5.74, 6) is 0. The molecule has 14 heavy (non-hydrogen) atoms. The third kappa shape index (κ3) is 3.41. The Morgan fingerprint density at radius 1 is 1.07 bits per heavy atom. The molecule has 0 bridgehead atoms. The van der Waals surface area contributed by atoms with Crippen LogP contribution in [0.4, 0.5) is 0 Å². The van der Waals surface area contributed by atoms with Crippen LogP contribution >= 0.6 is 0 Å². The van der Waals surface area contributed by atoms with Crippen molar-refractivity contribution in [2.75, 3.05) is 0 Å². The van der Waals surface area contributed by atoms with Gasteiger partial charge in [0.2, 0.25) is 5.72 Å². The Labute approximate surface area is 94.0 Å². The van der Waals surface area contributed by atoms with Crippen LogP contribution in [0.1, 0.15) is 59.3 Å². The van der Waals surface area contributed by atoms with Crippen molar-refractivity contribution >= 4 is 0 Å². The van der Waals surface area contributed by atoms with Gasteiger partial charge >= 0.3 is 0 Å². The first-order chi connectivity index (χ1) is 6.02.